The van der Waals surface area contributed by atoms with E-state index in [0.29, 0.717) is 12.6 Å². The van der Waals surface area contributed by atoms with Crippen molar-refractivity contribution in [3.63, 3.8) is 0 Å². The fourth-order valence-corrected chi connectivity index (χ4v) is 3.87. The minimum atomic E-state index is -0.805. The molecule has 0 atom stereocenters. The van der Waals surface area contributed by atoms with Crippen molar-refractivity contribution in [1.82, 2.24) is 10.2 Å². The summed E-state index contributed by atoms with van der Waals surface area (Å²) in [6.07, 6.45) is 9.64. The first-order valence-corrected chi connectivity index (χ1v) is 8.25. The summed E-state index contributed by atoms with van der Waals surface area (Å²) in [5.74, 6) is -0.773. The average molecular weight is 296 g/mol. The van der Waals surface area contributed by atoms with Gasteiger partial charge < -0.3 is 15.3 Å². The Kier molecular flexibility index (Phi) is 5.62. The summed E-state index contributed by atoms with van der Waals surface area (Å²) < 4.78 is 0. The summed E-state index contributed by atoms with van der Waals surface area (Å²) in [5, 5.41) is 12.5. The molecule has 5 nitrogen and oxygen atoms in total. The van der Waals surface area contributed by atoms with Gasteiger partial charge in [0.2, 0.25) is 5.91 Å². The van der Waals surface area contributed by atoms with Crippen molar-refractivity contribution in [2.75, 3.05) is 13.6 Å². The average Bonchev–Trinajstić information content (AvgIpc) is 2.97. The molecule has 0 spiro atoms. The zero-order valence-corrected chi connectivity index (χ0v) is 13.1. The van der Waals surface area contributed by atoms with Gasteiger partial charge in [0.05, 0.1) is 18.5 Å². The number of nitrogens with one attached hydrogen (secondary N) is 1. The van der Waals surface area contributed by atoms with Crippen molar-refractivity contribution in [2.24, 2.45) is 0 Å². The van der Waals surface area contributed by atoms with Gasteiger partial charge in [0.15, 0.2) is 0 Å². The van der Waals surface area contributed by atoms with E-state index in [1.807, 2.05) is 0 Å². The van der Waals surface area contributed by atoms with E-state index < -0.39 is 11.5 Å². The molecule has 0 saturated heterocycles. The van der Waals surface area contributed by atoms with Crippen molar-refractivity contribution in [2.45, 2.75) is 75.8 Å². The Morgan fingerprint density at radius 2 is 1.76 bits per heavy atom. The predicted octanol–water partition coefficient (Wildman–Crippen LogP) is 2.15. The fraction of sp³-hybridized carbons (Fsp3) is 0.875. The van der Waals surface area contributed by atoms with Crippen molar-refractivity contribution in [3.05, 3.63) is 0 Å². The molecule has 2 aliphatic carbocycles. The van der Waals surface area contributed by atoms with Gasteiger partial charge in [0.25, 0.3) is 0 Å². The number of rotatable bonds is 6. The maximum atomic E-state index is 12.5. The van der Waals surface area contributed by atoms with Crippen LogP contribution in [0.5, 0.6) is 0 Å². The molecule has 0 bridgehead atoms. The topological polar surface area (TPSA) is 69.6 Å². The first kappa shape index (κ1) is 16.3. The minimum absolute atomic E-state index is 0.0325. The van der Waals surface area contributed by atoms with Crippen LogP contribution in [0, 0.1) is 0 Å². The highest BCUT2D eigenvalue weighted by Crippen LogP contribution is 2.36. The SMILES string of the molecule is CN(C(=O)CNC1CCCC1)C1(CC(=O)O)CCCCC1. The van der Waals surface area contributed by atoms with Crippen molar-refractivity contribution in [3.8, 4) is 0 Å². The molecule has 5 heteroatoms. The van der Waals surface area contributed by atoms with Crippen LogP contribution in [-0.2, 0) is 9.59 Å². The van der Waals surface area contributed by atoms with Crippen LogP contribution in [-0.4, -0.2) is 47.1 Å². The van der Waals surface area contributed by atoms with E-state index in [-0.39, 0.29) is 12.3 Å². The van der Waals surface area contributed by atoms with Gasteiger partial charge in [-0.25, -0.2) is 0 Å². The Labute approximate surface area is 127 Å². The van der Waals surface area contributed by atoms with E-state index in [4.69, 9.17) is 0 Å². The van der Waals surface area contributed by atoms with Gasteiger partial charge in [0, 0.05) is 13.1 Å². The van der Waals surface area contributed by atoms with Crippen LogP contribution in [0.3, 0.4) is 0 Å². The smallest absolute Gasteiger partial charge is 0.305 e. The zero-order valence-electron chi connectivity index (χ0n) is 13.1. The number of likely N-dealkylation sites (N-methyl/N-ethyl adjacent to an activating group) is 1. The van der Waals surface area contributed by atoms with Crippen LogP contribution in [0.2, 0.25) is 0 Å². The monoisotopic (exact) mass is 296 g/mol. The van der Waals surface area contributed by atoms with E-state index in [2.05, 4.69) is 5.32 Å². The number of aliphatic carboxylic acids is 1. The highest BCUT2D eigenvalue weighted by Gasteiger charge is 2.40. The molecule has 120 valence electrons. The Morgan fingerprint density at radius 3 is 2.33 bits per heavy atom. The van der Waals surface area contributed by atoms with Gasteiger partial charge in [-0.15, -0.1) is 0 Å². The lowest BCUT2D eigenvalue weighted by molar-refractivity contribution is -0.145. The van der Waals surface area contributed by atoms with E-state index in [0.717, 1.165) is 44.9 Å². The summed E-state index contributed by atoms with van der Waals surface area (Å²) in [5.41, 5.74) is -0.474. The number of hydrogen-bond donors (Lipinski definition) is 2. The summed E-state index contributed by atoms with van der Waals surface area (Å²) >= 11 is 0. The molecular formula is C16H28N2O3. The van der Waals surface area contributed by atoms with E-state index >= 15 is 0 Å². The molecule has 2 rings (SSSR count). The van der Waals surface area contributed by atoms with Gasteiger partial charge in [-0.2, -0.15) is 0 Å². The predicted molar refractivity (Wildman–Crippen MR) is 81.1 cm³/mol. The lowest BCUT2D eigenvalue weighted by atomic mass is 9.78. The Hall–Kier alpha value is -1.10. The van der Waals surface area contributed by atoms with Gasteiger partial charge in [-0.3, -0.25) is 9.59 Å². The maximum absolute atomic E-state index is 12.5. The molecule has 0 aromatic heterocycles. The summed E-state index contributed by atoms with van der Waals surface area (Å²) in [7, 11) is 1.78. The number of nitrogens with zero attached hydrogens (tertiary/aromatic N) is 1. The summed E-state index contributed by atoms with van der Waals surface area (Å²) in [6, 6.07) is 0.462. The van der Waals surface area contributed by atoms with E-state index in [9.17, 15) is 14.7 Å². The molecule has 0 heterocycles. The first-order valence-electron chi connectivity index (χ1n) is 8.25. The fourth-order valence-electron chi connectivity index (χ4n) is 3.87. The molecule has 21 heavy (non-hydrogen) atoms. The number of hydrogen-bond acceptors (Lipinski definition) is 3. The zero-order chi connectivity index (χ0) is 15.3. The molecule has 0 unspecified atom stereocenters. The van der Waals surface area contributed by atoms with E-state index in [1.54, 1.807) is 11.9 Å². The minimum Gasteiger partial charge on any atom is -0.481 e. The van der Waals surface area contributed by atoms with Gasteiger partial charge in [0.1, 0.15) is 0 Å². The first-order chi connectivity index (χ1) is 10.0. The van der Waals surface area contributed by atoms with Gasteiger partial charge in [-0.05, 0) is 25.7 Å². The number of carboxylic acids is 1. The maximum Gasteiger partial charge on any atom is 0.305 e. The number of amides is 1. The number of carboxylic acid groups (broad SMARTS) is 1. The Balaban J connectivity index is 1.93. The van der Waals surface area contributed by atoms with Gasteiger partial charge >= 0.3 is 5.97 Å². The molecule has 2 fully saturated rings. The van der Waals surface area contributed by atoms with Crippen molar-refractivity contribution in [1.29, 1.82) is 0 Å². The molecule has 2 N–H and O–H groups in total. The van der Waals surface area contributed by atoms with Crippen LogP contribution in [0.25, 0.3) is 0 Å². The third kappa shape index (κ3) is 4.19. The summed E-state index contributed by atoms with van der Waals surface area (Å²) in [6.45, 7) is 0.336. The highest BCUT2D eigenvalue weighted by molar-refractivity contribution is 5.80. The van der Waals surface area contributed by atoms with Crippen molar-refractivity contribution < 1.29 is 14.7 Å². The lowest BCUT2D eigenvalue weighted by Gasteiger charge is -2.44. The molecule has 0 aromatic carbocycles. The van der Waals surface area contributed by atoms with Crippen LogP contribution in [0.1, 0.15) is 64.2 Å². The lowest BCUT2D eigenvalue weighted by Crippen LogP contribution is -2.54. The highest BCUT2D eigenvalue weighted by atomic mass is 16.4. The van der Waals surface area contributed by atoms with Crippen LogP contribution in [0.15, 0.2) is 0 Å². The molecule has 2 saturated carbocycles. The molecular weight excluding hydrogens is 268 g/mol. The van der Waals surface area contributed by atoms with Gasteiger partial charge in [-0.1, -0.05) is 32.1 Å². The quantitative estimate of drug-likeness (QED) is 0.788. The third-order valence-corrected chi connectivity index (χ3v) is 5.25. The van der Waals surface area contributed by atoms with Crippen LogP contribution in [0.4, 0.5) is 0 Å². The van der Waals surface area contributed by atoms with Crippen molar-refractivity contribution >= 4 is 11.9 Å². The second kappa shape index (κ2) is 7.25. The number of carbonyl (C=O) groups excluding carboxylic acids is 1. The van der Waals surface area contributed by atoms with E-state index in [1.165, 1.54) is 12.8 Å². The molecule has 0 radical (unpaired) electrons. The molecule has 0 aliphatic heterocycles. The largest absolute Gasteiger partial charge is 0.481 e. The molecule has 2 aliphatic rings. The molecule has 1 amide bonds. The Morgan fingerprint density at radius 1 is 1.14 bits per heavy atom. The standard InChI is InChI=1S/C16H28N2O3/c1-18(14(19)12-17-13-7-3-4-8-13)16(11-15(20)21)9-5-2-6-10-16/h13,17H,2-12H2,1H3,(H,20,21). The second-order valence-electron chi connectivity index (χ2n) is 6.67. The normalized spacial score (nSPS) is 22.1. The summed E-state index contributed by atoms with van der Waals surface area (Å²) in [4.78, 5) is 25.4. The third-order valence-electron chi connectivity index (χ3n) is 5.25. The number of carbonyl (C=O) groups is 2. The van der Waals surface area contributed by atoms with Crippen LogP contribution >= 0.6 is 0 Å². The molecule has 0 aromatic rings. The Bertz CT molecular complexity index is 372. The second-order valence-corrected chi connectivity index (χ2v) is 6.67. The van der Waals surface area contributed by atoms with Crippen LogP contribution < -0.4 is 5.32 Å².